The quantitative estimate of drug-likeness (QED) is 0.153. The summed E-state index contributed by atoms with van der Waals surface area (Å²) in [5.41, 5.74) is 0. The number of hydrogen-bond acceptors (Lipinski definition) is 5. The fraction of sp³-hybridized carbons (Fsp3) is 0.833. The van der Waals surface area contributed by atoms with Gasteiger partial charge in [-0.2, -0.15) is 0 Å². The van der Waals surface area contributed by atoms with Gasteiger partial charge in [0.25, 0.3) is 0 Å². The Bertz CT molecular complexity index is 419. The fourth-order valence-electron chi connectivity index (χ4n) is 2.96. The molecule has 29 heavy (non-hydrogen) atoms. The molecule has 170 valence electrons. The average molecular weight is 413 g/mol. The van der Waals surface area contributed by atoms with Crippen molar-refractivity contribution < 1.29 is 24.2 Å². The van der Waals surface area contributed by atoms with E-state index in [1.807, 2.05) is 0 Å². The lowest BCUT2D eigenvalue weighted by Crippen LogP contribution is -2.28. The largest absolute Gasteiger partial charge is 0.462 e. The molecule has 5 nitrogen and oxygen atoms in total. The molecular formula is C24H44O5. The third kappa shape index (κ3) is 19.7. The van der Waals surface area contributed by atoms with Crippen molar-refractivity contribution in [1.82, 2.24) is 0 Å². The van der Waals surface area contributed by atoms with Crippen molar-refractivity contribution in [3.8, 4) is 0 Å². The topological polar surface area (TPSA) is 72.8 Å². The van der Waals surface area contributed by atoms with E-state index < -0.39 is 6.10 Å². The van der Waals surface area contributed by atoms with Gasteiger partial charge in [-0.05, 0) is 32.1 Å². The molecule has 1 N–H and O–H groups in total. The molecule has 0 aromatic heterocycles. The lowest BCUT2D eigenvalue weighted by atomic mass is 10.1. The van der Waals surface area contributed by atoms with Gasteiger partial charge in [0.1, 0.15) is 6.61 Å². The second kappa shape index (κ2) is 21.4. The molecule has 0 aromatic carbocycles. The molecule has 0 bridgehead atoms. The van der Waals surface area contributed by atoms with Crippen molar-refractivity contribution in [3.63, 3.8) is 0 Å². The molecule has 0 radical (unpaired) electrons. The summed E-state index contributed by atoms with van der Waals surface area (Å²) in [6.07, 6.45) is 18.6. The van der Waals surface area contributed by atoms with Gasteiger partial charge in [-0.1, -0.05) is 77.4 Å². The molecule has 0 saturated carbocycles. The van der Waals surface area contributed by atoms with Crippen molar-refractivity contribution in [2.24, 2.45) is 0 Å². The minimum absolute atomic E-state index is 0.0679. The Morgan fingerprint density at radius 2 is 1.34 bits per heavy atom. The molecule has 1 unspecified atom stereocenters. The Hall–Kier alpha value is -1.36. The van der Waals surface area contributed by atoms with E-state index in [1.54, 1.807) is 0 Å². The minimum atomic E-state index is -0.763. The number of aliphatic hydroxyl groups is 1. The van der Waals surface area contributed by atoms with E-state index in [-0.39, 0.29) is 25.2 Å². The van der Waals surface area contributed by atoms with Crippen LogP contribution in [-0.2, 0) is 19.1 Å². The number of esters is 2. The predicted octanol–water partition coefficient (Wildman–Crippen LogP) is 5.88. The van der Waals surface area contributed by atoms with Crippen molar-refractivity contribution >= 4 is 11.9 Å². The maximum absolute atomic E-state index is 11.9. The molecule has 0 aromatic rings. The molecule has 0 fully saturated rings. The molecule has 0 heterocycles. The zero-order valence-corrected chi connectivity index (χ0v) is 18.8. The normalized spacial score (nSPS) is 12.2. The second-order valence-corrected chi connectivity index (χ2v) is 7.71. The lowest BCUT2D eigenvalue weighted by molar-refractivity contribution is -0.161. The van der Waals surface area contributed by atoms with Crippen LogP contribution in [-0.4, -0.2) is 36.4 Å². The SMILES string of the molecule is CCC/C=C\CCCCCCCC(=O)OC(CO)COC(=O)CCCCCCC. The highest BCUT2D eigenvalue weighted by Crippen LogP contribution is 2.10. The number of aliphatic hydroxyl groups excluding tert-OH is 1. The van der Waals surface area contributed by atoms with Gasteiger partial charge in [-0.15, -0.1) is 0 Å². The van der Waals surface area contributed by atoms with Crippen LogP contribution in [0.1, 0.15) is 110 Å². The van der Waals surface area contributed by atoms with Crippen LogP contribution >= 0.6 is 0 Å². The van der Waals surface area contributed by atoms with E-state index in [9.17, 15) is 14.7 Å². The first-order chi connectivity index (χ1) is 14.1. The molecule has 1 atom stereocenters. The second-order valence-electron chi connectivity index (χ2n) is 7.71. The Morgan fingerprint density at radius 1 is 0.759 bits per heavy atom. The Morgan fingerprint density at radius 3 is 2.00 bits per heavy atom. The van der Waals surface area contributed by atoms with E-state index in [1.165, 1.54) is 32.1 Å². The Labute approximate surface area is 178 Å². The summed E-state index contributed by atoms with van der Waals surface area (Å²) in [6, 6.07) is 0. The van der Waals surface area contributed by atoms with Gasteiger partial charge in [-0.25, -0.2) is 0 Å². The van der Waals surface area contributed by atoms with Crippen molar-refractivity contribution in [2.45, 2.75) is 116 Å². The number of unbranched alkanes of at least 4 members (excludes halogenated alkanes) is 10. The number of allylic oxidation sites excluding steroid dienone is 2. The first-order valence-electron chi connectivity index (χ1n) is 11.7. The Balaban J connectivity index is 3.67. The van der Waals surface area contributed by atoms with Gasteiger partial charge in [0, 0.05) is 12.8 Å². The van der Waals surface area contributed by atoms with Crippen molar-refractivity contribution in [1.29, 1.82) is 0 Å². The third-order valence-corrected chi connectivity index (χ3v) is 4.79. The molecule has 0 rings (SSSR count). The van der Waals surface area contributed by atoms with Crippen LogP contribution in [0.3, 0.4) is 0 Å². The molecular weight excluding hydrogens is 368 g/mol. The number of carbonyl (C=O) groups is 2. The summed E-state index contributed by atoms with van der Waals surface area (Å²) in [7, 11) is 0. The van der Waals surface area contributed by atoms with Crippen LogP contribution in [0.5, 0.6) is 0 Å². The standard InChI is InChI=1S/C24H44O5/c1-3-5-7-9-10-11-12-13-15-17-19-24(27)29-22(20-25)21-28-23(26)18-16-14-8-6-4-2/h7,9,22,25H,3-6,8,10-21H2,1-2H3/b9-7-. The average Bonchev–Trinajstić information content (AvgIpc) is 2.72. The number of ether oxygens (including phenoxy) is 2. The van der Waals surface area contributed by atoms with Crippen molar-refractivity contribution in [3.05, 3.63) is 12.2 Å². The summed E-state index contributed by atoms with van der Waals surface area (Å²) in [4.78, 5) is 23.6. The number of carbonyl (C=O) groups excluding carboxylic acids is 2. The molecule has 0 aliphatic heterocycles. The number of rotatable bonds is 20. The highest BCUT2D eigenvalue weighted by atomic mass is 16.6. The summed E-state index contributed by atoms with van der Waals surface area (Å²) in [6.45, 7) is 3.93. The maximum Gasteiger partial charge on any atom is 0.306 e. The van der Waals surface area contributed by atoms with Crippen LogP contribution in [0.25, 0.3) is 0 Å². The third-order valence-electron chi connectivity index (χ3n) is 4.79. The molecule has 0 saturated heterocycles. The first-order valence-corrected chi connectivity index (χ1v) is 11.7. The predicted molar refractivity (Wildman–Crippen MR) is 118 cm³/mol. The minimum Gasteiger partial charge on any atom is -0.462 e. The molecule has 0 aliphatic rings. The smallest absolute Gasteiger partial charge is 0.306 e. The molecule has 5 heteroatoms. The van der Waals surface area contributed by atoms with E-state index >= 15 is 0 Å². The van der Waals surface area contributed by atoms with Crippen LogP contribution in [0, 0.1) is 0 Å². The highest BCUT2D eigenvalue weighted by molar-refractivity contribution is 5.70. The molecule has 0 aliphatic carbocycles. The first kappa shape index (κ1) is 27.6. The van der Waals surface area contributed by atoms with Gasteiger partial charge >= 0.3 is 11.9 Å². The fourth-order valence-corrected chi connectivity index (χ4v) is 2.96. The van der Waals surface area contributed by atoms with E-state index in [0.717, 1.165) is 51.4 Å². The van der Waals surface area contributed by atoms with Gasteiger partial charge in [0.15, 0.2) is 6.10 Å². The summed E-state index contributed by atoms with van der Waals surface area (Å²) >= 11 is 0. The van der Waals surface area contributed by atoms with E-state index in [2.05, 4.69) is 26.0 Å². The van der Waals surface area contributed by atoms with Gasteiger partial charge in [-0.3, -0.25) is 9.59 Å². The van der Waals surface area contributed by atoms with Crippen molar-refractivity contribution in [2.75, 3.05) is 13.2 Å². The molecule has 0 amide bonds. The van der Waals surface area contributed by atoms with Gasteiger partial charge < -0.3 is 14.6 Å². The monoisotopic (exact) mass is 412 g/mol. The Kier molecular flexibility index (Phi) is 20.3. The summed E-state index contributed by atoms with van der Waals surface area (Å²) in [5, 5.41) is 9.33. The van der Waals surface area contributed by atoms with Crippen LogP contribution in [0.15, 0.2) is 12.2 Å². The maximum atomic E-state index is 11.9. The molecule has 0 spiro atoms. The zero-order chi connectivity index (χ0) is 21.6. The summed E-state index contributed by atoms with van der Waals surface area (Å²) in [5.74, 6) is -0.623. The number of hydrogen-bond donors (Lipinski definition) is 1. The zero-order valence-electron chi connectivity index (χ0n) is 18.8. The van der Waals surface area contributed by atoms with Crippen LogP contribution in [0.2, 0.25) is 0 Å². The van der Waals surface area contributed by atoms with Gasteiger partial charge in [0.05, 0.1) is 6.61 Å². The van der Waals surface area contributed by atoms with Crippen LogP contribution in [0.4, 0.5) is 0 Å². The van der Waals surface area contributed by atoms with Gasteiger partial charge in [0.2, 0.25) is 0 Å². The lowest BCUT2D eigenvalue weighted by Gasteiger charge is -2.15. The van der Waals surface area contributed by atoms with E-state index in [0.29, 0.717) is 12.8 Å². The van der Waals surface area contributed by atoms with E-state index in [4.69, 9.17) is 9.47 Å². The summed E-state index contributed by atoms with van der Waals surface area (Å²) < 4.78 is 10.3. The van der Waals surface area contributed by atoms with Crippen LogP contribution < -0.4 is 0 Å². The highest BCUT2D eigenvalue weighted by Gasteiger charge is 2.15.